The Kier molecular flexibility index (Phi) is 5.80. The van der Waals surface area contributed by atoms with Crippen molar-refractivity contribution < 1.29 is 5.11 Å². The van der Waals surface area contributed by atoms with Gasteiger partial charge in [-0.15, -0.1) is 0 Å². The van der Waals surface area contributed by atoms with E-state index in [9.17, 15) is 5.11 Å². The fourth-order valence-electron chi connectivity index (χ4n) is 3.64. The second-order valence-electron chi connectivity index (χ2n) is 5.82. The van der Waals surface area contributed by atoms with E-state index in [4.69, 9.17) is 0 Å². The van der Waals surface area contributed by atoms with Gasteiger partial charge in [0.25, 0.3) is 0 Å². The second-order valence-corrected chi connectivity index (χ2v) is 6.89. The Balaban J connectivity index is 1.86. The molecule has 1 saturated carbocycles. The summed E-state index contributed by atoms with van der Waals surface area (Å²) in [5, 5.41) is 17.1. The number of aliphatic hydroxyl groups is 1. The van der Waals surface area contributed by atoms with E-state index in [1.54, 1.807) is 11.8 Å². The van der Waals surface area contributed by atoms with Crippen LogP contribution in [0.5, 0.6) is 0 Å². The first kappa shape index (κ1) is 14.6. The third kappa shape index (κ3) is 3.41. The molecule has 5 unspecified atom stereocenters. The van der Waals surface area contributed by atoms with Crippen molar-refractivity contribution in [2.45, 2.75) is 62.4 Å². The van der Waals surface area contributed by atoms with Crippen molar-refractivity contribution in [2.75, 3.05) is 19.4 Å². The van der Waals surface area contributed by atoms with Crippen molar-refractivity contribution >= 4 is 11.8 Å². The highest BCUT2D eigenvalue weighted by atomic mass is 32.2. The molecule has 2 aliphatic rings. The molecule has 106 valence electrons. The second kappa shape index (κ2) is 7.13. The van der Waals surface area contributed by atoms with Crippen LogP contribution >= 0.6 is 11.8 Å². The molecule has 1 heterocycles. The van der Waals surface area contributed by atoms with Crippen LogP contribution in [0.3, 0.4) is 0 Å². The van der Waals surface area contributed by atoms with E-state index in [0.29, 0.717) is 17.3 Å². The van der Waals surface area contributed by atoms with Crippen LogP contribution in [-0.4, -0.2) is 47.9 Å². The van der Waals surface area contributed by atoms with Crippen molar-refractivity contribution in [1.29, 1.82) is 0 Å². The zero-order chi connectivity index (χ0) is 13.0. The van der Waals surface area contributed by atoms with Crippen molar-refractivity contribution in [3.63, 3.8) is 0 Å². The molecule has 18 heavy (non-hydrogen) atoms. The van der Waals surface area contributed by atoms with Gasteiger partial charge in [0.15, 0.2) is 0 Å². The van der Waals surface area contributed by atoms with E-state index in [0.717, 1.165) is 12.0 Å². The SMILES string of the molecule is CSC(CO)C(C)NC1CCCC1C1CCCN1. The molecule has 3 N–H and O–H groups in total. The number of nitrogens with one attached hydrogen (secondary N) is 2. The maximum atomic E-state index is 9.37. The average molecular weight is 272 g/mol. The van der Waals surface area contributed by atoms with Crippen LogP contribution in [0.15, 0.2) is 0 Å². The van der Waals surface area contributed by atoms with Crippen molar-refractivity contribution in [3.05, 3.63) is 0 Å². The molecule has 1 aliphatic heterocycles. The highest BCUT2D eigenvalue weighted by Gasteiger charge is 2.36. The maximum Gasteiger partial charge on any atom is 0.0564 e. The van der Waals surface area contributed by atoms with E-state index in [1.807, 2.05) is 0 Å². The third-order valence-electron chi connectivity index (χ3n) is 4.70. The molecule has 0 aromatic rings. The molecule has 0 bridgehead atoms. The maximum absolute atomic E-state index is 9.37. The lowest BCUT2D eigenvalue weighted by molar-refractivity contribution is 0.252. The number of hydrogen-bond donors (Lipinski definition) is 3. The van der Waals surface area contributed by atoms with Crippen LogP contribution in [0.4, 0.5) is 0 Å². The number of thioether (sulfide) groups is 1. The van der Waals surface area contributed by atoms with Gasteiger partial charge >= 0.3 is 0 Å². The van der Waals surface area contributed by atoms with E-state index in [-0.39, 0.29) is 6.61 Å². The van der Waals surface area contributed by atoms with Gasteiger partial charge in [-0.1, -0.05) is 6.42 Å². The molecule has 0 aromatic heterocycles. The molecule has 3 nitrogen and oxygen atoms in total. The van der Waals surface area contributed by atoms with Gasteiger partial charge in [0.2, 0.25) is 0 Å². The summed E-state index contributed by atoms with van der Waals surface area (Å²) in [6.45, 7) is 3.69. The number of aliphatic hydroxyl groups excluding tert-OH is 1. The number of hydrogen-bond acceptors (Lipinski definition) is 4. The van der Waals surface area contributed by atoms with Crippen molar-refractivity contribution in [1.82, 2.24) is 10.6 Å². The van der Waals surface area contributed by atoms with Crippen LogP contribution in [-0.2, 0) is 0 Å². The van der Waals surface area contributed by atoms with Crippen molar-refractivity contribution in [2.24, 2.45) is 5.92 Å². The monoisotopic (exact) mass is 272 g/mol. The van der Waals surface area contributed by atoms with Crippen LogP contribution in [0.25, 0.3) is 0 Å². The Morgan fingerprint density at radius 2 is 2.17 bits per heavy atom. The Hall–Kier alpha value is 0.230. The topological polar surface area (TPSA) is 44.3 Å². The van der Waals surface area contributed by atoms with Gasteiger partial charge in [-0.3, -0.25) is 0 Å². The normalized spacial score (nSPS) is 35.8. The van der Waals surface area contributed by atoms with Crippen molar-refractivity contribution in [3.8, 4) is 0 Å². The third-order valence-corrected chi connectivity index (χ3v) is 5.86. The summed E-state index contributed by atoms with van der Waals surface area (Å²) < 4.78 is 0. The lowest BCUT2D eigenvalue weighted by atomic mass is 9.92. The fourth-order valence-corrected chi connectivity index (χ4v) is 4.27. The number of rotatable bonds is 6. The van der Waals surface area contributed by atoms with Gasteiger partial charge in [0, 0.05) is 23.4 Å². The van der Waals surface area contributed by atoms with E-state index < -0.39 is 0 Å². The summed E-state index contributed by atoms with van der Waals surface area (Å²) in [7, 11) is 0. The smallest absolute Gasteiger partial charge is 0.0564 e. The van der Waals surface area contributed by atoms with Gasteiger partial charge in [-0.05, 0) is 51.3 Å². The molecule has 0 aromatic carbocycles. The zero-order valence-corrected chi connectivity index (χ0v) is 12.5. The summed E-state index contributed by atoms with van der Waals surface area (Å²) in [4.78, 5) is 0. The van der Waals surface area contributed by atoms with E-state index in [2.05, 4.69) is 23.8 Å². The Bertz CT molecular complexity index is 242. The molecule has 1 aliphatic carbocycles. The highest BCUT2D eigenvalue weighted by Crippen LogP contribution is 2.32. The van der Waals surface area contributed by atoms with E-state index >= 15 is 0 Å². The van der Waals surface area contributed by atoms with Crippen LogP contribution < -0.4 is 10.6 Å². The molecular weight excluding hydrogens is 244 g/mol. The summed E-state index contributed by atoms with van der Waals surface area (Å²) in [6.07, 6.45) is 8.81. The summed E-state index contributed by atoms with van der Waals surface area (Å²) in [6, 6.07) is 1.79. The Morgan fingerprint density at radius 1 is 1.33 bits per heavy atom. The van der Waals surface area contributed by atoms with Gasteiger partial charge in [-0.25, -0.2) is 0 Å². The predicted octanol–water partition coefficient (Wildman–Crippen LogP) is 1.61. The minimum absolute atomic E-state index is 0.272. The Morgan fingerprint density at radius 3 is 2.78 bits per heavy atom. The molecule has 5 atom stereocenters. The molecule has 0 spiro atoms. The molecule has 1 saturated heterocycles. The average Bonchev–Trinajstić information content (AvgIpc) is 3.00. The zero-order valence-electron chi connectivity index (χ0n) is 11.7. The van der Waals surface area contributed by atoms with E-state index in [1.165, 1.54) is 38.6 Å². The summed E-state index contributed by atoms with van der Waals surface area (Å²) in [5.41, 5.74) is 0. The summed E-state index contributed by atoms with van der Waals surface area (Å²) >= 11 is 1.77. The lowest BCUT2D eigenvalue weighted by Gasteiger charge is -2.31. The Labute approximate surface area is 115 Å². The molecule has 2 fully saturated rings. The van der Waals surface area contributed by atoms with Crippen LogP contribution in [0.2, 0.25) is 0 Å². The lowest BCUT2D eigenvalue weighted by Crippen LogP contribution is -2.48. The molecule has 4 heteroatoms. The molecule has 0 radical (unpaired) electrons. The largest absolute Gasteiger partial charge is 0.395 e. The van der Waals surface area contributed by atoms with Gasteiger partial charge in [0.1, 0.15) is 0 Å². The van der Waals surface area contributed by atoms with Gasteiger partial charge < -0.3 is 15.7 Å². The molecule has 0 amide bonds. The minimum atomic E-state index is 0.272. The first-order valence-corrected chi connectivity index (χ1v) is 8.68. The molecule has 2 rings (SSSR count). The quantitative estimate of drug-likeness (QED) is 0.687. The van der Waals surface area contributed by atoms with Crippen LogP contribution in [0.1, 0.15) is 39.0 Å². The first-order valence-electron chi connectivity index (χ1n) is 7.39. The molecular formula is C14H28N2OS. The predicted molar refractivity (Wildman–Crippen MR) is 79.1 cm³/mol. The van der Waals surface area contributed by atoms with Crippen LogP contribution in [0, 0.1) is 5.92 Å². The highest BCUT2D eigenvalue weighted by molar-refractivity contribution is 7.99. The standard InChI is InChI=1S/C14H28N2OS/c1-10(14(9-17)18-2)16-13-6-3-5-11(13)12-7-4-8-15-12/h10-17H,3-9H2,1-2H3. The summed E-state index contributed by atoms with van der Waals surface area (Å²) in [5.74, 6) is 0.802. The van der Waals surface area contributed by atoms with Gasteiger partial charge in [-0.2, -0.15) is 11.8 Å². The fraction of sp³-hybridized carbons (Fsp3) is 1.00. The van der Waals surface area contributed by atoms with Gasteiger partial charge in [0.05, 0.1) is 6.61 Å². The minimum Gasteiger partial charge on any atom is -0.395 e. The first-order chi connectivity index (χ1) is 8.76.